The summed E-state index contributed by atoms with van der Waals surface area (Å²) in [5.74, 6) is 0.177. The van der Waals surface area contributed by atoms with Crippen LogP contribution in [0.2, 0.25) is 0 Å². The Morgan fingerprint density at radius 3 is 2.61 bits per heavy atom. The largest absolute Gasteiger partial charge is 0.545 e. The van der Waals surface area contributed by atoms with Gasteiger partial charge in [0, 0.05) is 23.2 Å². The van der Waals surface area contributed by atoms with E-state index in [9.17, 15) is 14.7 Å². The molecular formula is C22H22N5O5S-. The zero-order valence-electron chi connectivity index (χ0n) is 18.3. The topological polar surface area (TPSA) is 131 Å². The quantitative estimate of drug-likeness (QED) is 0.270. The molecule has 1 amide bonds. The van der Waals surface area contributed by atoms with Crippen LogP contribution in [0.1, 0.15) is 22.8 Å². The summed E-state index contributed by atoms with van der Waals surface area (Å²) in [5, 5.41) is 24.0. The van der Waals surface area contributed by atoms with Crippen LogP contribution in [0.15, 0.2) is 52.7 Å². The molecule has 0 aliphatic rings. The van der Waals surface area contributed by atoms with Gasteiger partial charge in [-0.15, -0.1) is 10.2 Å². The van der Waals surface area contributed by atoms with Crippen molar-refractivity contribution in [2.75, 3.05) is 20.0 Å². The Balaban J connectivity index is 1.66. The molecule has 0 radical (unpaired) electrons. The molecule has 1 N–H and O–H groups in total. The number of benzene rings is 2. The smallest absolute Gasteiger partial charge is 0.250 e. The summed E-state index contributed by atoms with van der Waals surface area (Å²) in [6, 6.07) is 11.7. The van der Waals surface area contributed by atoms with Crippen molar-refractivity contribution in [1.82, 2.24) is 20.2 Å². The van der Waals surface area contributed by atoms with Crippen LogP contribution in [0, 0.1) is 0 Å². The fourth-order valence-corrected chi connectivity index (χ4v) is 3.80. The molecule has 10 nitrogen and oxygen atoms in total. The van der Waals surface area contributed by atoms with E-state index in [0.29, 0.717) is 34.6 Å². The molecule has 0 fully saturated rings. The molecule has 1 heterocycles. The fraction of sp³-hybridized carbons (Fsp3) is 0.227. The van der Waals surface area contributed by atoms with Crippen molar-refractivity contribution in [3.63, 3.8) is 0 Å². The average Bonchev–Trinajstić information content (AvgIpc) is 3.25. The molecular weight excluding hydrogens is 446 g/mol. The van der Waals surface area contributed by atoms with Gasteiger partial charge in [-0.1, -0.05) is 36.0 Å². The molecule has 0 spiro atoms. The van der Waals surface area contributed by atoms with Gasteiger partial charge in [0.15, 0.2) is 22.5 Å². The minimum atomic E-state index is -1.32. The number of aromatic carboxylic acids is 1. The predicted octanol–water partition coefficient (Wildman–Crippen LogP) is 1.59. The average molecular weight is 469 g/mol. The molecule has 0 aliphatic heterocycles. The highest BCUT2D eigenvalue weighted by molar-refractivity contribution is 7.99. The van der Waals surface area contributed by atoms with Crippen LogP contribution in [-0.4, -0.2) is 52.8 Å². The summed E-state index contributed by atoms with van der Waals surface area (Å²) in [6.07, 6.45) is 1.26. The summed E-state index contributed by atoms with van der Waals surface area (Å²) in [5.41, 5.74) is 3.50. The fourth-order valence-electron chi connectivity index (χ4n) is 3.00. The maximum absolute atomic E-state index is 12.2. The van der Waals surface area contributed by atoms with Gasteiger partial charge in [0.25, 0.3) is 5.91 Å². The summed E-state index contributed by atoms with van der Waals surface area (Å²) in [7, 11) is 3.13. The van der Waals surface area contributed by atoms with Crippen molar-refractivity contribution >= 4 is 29.9 Å². The number of hydrogen-bond acceptors (Lipinski definition) is 9. The molecule has 3 rings (SSSR count). The zero-order chi connectivity index (χ0) is 23.8. The lowest BCUT2D eigenvalue weighted by Gasteiger charge is -2.10. The second kappa shape index (κ2) is 11.1. The molecule has 1 aromatic heterocycles. The van der Waals surface area contributed by atoms with Crippen LogP contribution in [0.3, 0.4) is 0 Å². The normalized spacial score (nSPS) is 10.9. The summed E-state index contributed by atoms with van der Waals surface area (Å²) >= 11 is 1.21. The minimum Gasteiger partial charge on any atom is -0.545 e. The van der Waals surface area contributed by atoms with Gasteiger partial charge in [-0.3, -0.25) is 4.79 Å². The molecule has 33 heavy (non-hydrogen) atoms. The molecule has 0 unspecified atom stereocenters. The zero-order valence-corrected chi connectivity index (χ0v) is 19.1. The third-order valence-electron chi connectivity index (χ3n) is 4.58. The molecule has 0 saturated heterocycles. The Kier molecular flexibility index (Phi) is 8.03. The number of methoxy groups -OCH3 is 2. The number of carbonyl (C=O) groups is 2. The first kappa shape index (κ1) is 23.8. The standard InChI is InChI=1S/C22H23N5O5S/c1-4-27-20(14-9-10-17(31-2)18(11-14)32-3)25-26-22(27)33-13-19(28)24-23-12-15-7-5-6-8-16(15)21(29)30/h5-12H,4,13H2,1-3H3,(H,24,28)(H,29,30)/p-1/b23-12-. The van der Waals surface area contributed by atoms with E-state index in [1.807, 2.05) is 23.6 Å². The molecule has 172 valence electrons. The van der Waals surface area contributed by atoms with Crippen LogP contribution in [0.25, 0.3) is 11.4 Å². The molecule has 2 aromatic carbocycles. The number of aromatic nitrogens is 3. The molecule has 0 aliphatic carbocycles. The number of rotatable bonds is 10. The highest BCUT2D eigenvalue weighted by Gasteiger charge is 2.16. The first-order chi connectivity index (χ1) is 16.0. The number of carbonyl (C=O) groups excluding carboxylic acids is 2. The van der Waals surface area contributed by atoms with Crippen LogP contribution >= 0.6 is 11.8 Å². The van der Waals surface area contributed by atoms with Gasteiger partial charge >= 0.3 is 0 Å². The van der Waals surface area contributed by atoms with Crippen LogP contribution in [0.5, 0.6) is 11.5 Å². The lowest BCUT2D eigenvalue weighted by molar-refractivity contribution is -0.255. The maximum atomic E-state index is 12.2. The number of carboxylic acids is 1. The summed E-state index contributed by atoms with van der Waals surface area (Å²) in [4.78, 5) is 23.3. The van der Waals surface area contributed by atoms with Crippen LogP contribution < -0.4 is 20.0 Å². The number of nitrogens with one attached hydrogen (secondary N) is 1. The highest BCUT2D eigenvalue weighted by Crippen LogP contribution is 2.32. The first-order valence-electron chi connectivity index (χ1n) is 9.89. The maximum Gasteiger partial charge on any atom is 0.250 e. The molecule has 3 aromatic rings. The van der Waals surface area contributed by atoms with Crippen LogP contribution in [-0.2, 0) is 11.3 Å². The van der Waals surface area contributed by atoms with Crippen LogP contribution in [0.4, 0.5) is 0 Å². The van der Waals surface area contributed by atoms with Crippen molar-refractivity contribution in [3.05, 3.63) is 53.6 Å². The van der Waals surface area contributed by atoms with E-state index in [2.05, 4.69) is 20.7 Å². The number of hydrogen-bond donors (Lipinski definition) is 1. The number of thioether (sulfide) groups is 1. The lowest BCUT2D eigenvalue weighted by Crippen LogP contribution is -2.24. The number of hydrazone groups is 1. The third-order valence-corrected chi connectivity index (χ3v) is 5.55. The van der Waals surface area contributed by atoms with E-state index in [0.717, 1.165) is 5.56 Å². The summed E-state index contributed by atoms with van der Waals surface area (Å²) < 4.78 is 12.5. The van der Waals surface area contributed by atoms with Gasteiger partial charge < -0.3 is 23.9 Å². The molecule has 0 saturated carbocycles. The molecule has 0 bridgehead atoms. The Hall–Kier alpha value is -3.86. The second-order valence-corrected chi connectivity index (χ2v) is 7.52. The first-order valence-corrected chi connectivity index (χ1v) is 10.9. The Bertz CT molecular complexity index is 1180. The lowest BCUT2D eigenvalue weighted by atomic mass is 10.1. The predicted molar refractivity (Wildman–Crippen MR) is 121 cm³/mol. The number of ether oxygens (including phenoxy) is 2. The minimum absolute atomic E-state index is 0.0105. The van der Waals surface area contributed by atoms with Crippen molar-refractivity contribution in [2.45, 2.75) is 18.6 Å². The Labute approximate surface area is 194 Å². The van der Waals surface area contributed by atoms with Crippen molar-refractivity contribution in [1.29, 1.82) is 0 Å². The highest BCUT2D eigenvalue weighted by atomic mass is 32.2. The second-order valence-electron chi connectivity index (χ2n) is 6.58. The van der Waals surface area contributed by atoms with E-state index in [1.165, 1.54) is 24.0 Å². The van der Waals surface area contributed by atoms with Crippen molar-refractivity contribution in [3.8, 4) is 22.9 Å². The van der Waals surface area contributed by atoms with E-state index >= 15 is 0 Å². The monoisotopic (exact) mass is 468 g/mol. The van der Waals surface area contributed by atoms with E-state index < -0.39 is 5.97 Å². The van der Waals surface area contributed by atoms with Gasteiger partial charge in [-0.25, -0.2) is 5.43 Å². The Morgan fingerprint density at radius 1 is 1.15 bits per heavy atom. The molecule has 11 heteroatoms. The summed E-state index contributed by atoms with van der Waals surface area (Å²) in [6.45, 7) is 2.55. The SMILES string of the molecule is CCn1c(SCC(=O)N/N=C\c2ccccc2C(=O)[O-])nnc1-c1ccc(OC)c(OC)c1. The van der Waals surface area contributed by atoms with Gasteiger partial charge in [0.2, 0.25) is 0 Å². The molecule has 0 atom stereocenters. The third kappa shape index (κ3) is 5.69. The number of nitrogens with zero attached hydrogens (tertiary/aromatic N) is 4. The van der Waals surface area contributed by atoms with Gasteiger partial charge in [-0.05, 0) is 25.1 Å². The van der Waals surface area contributed by atoms with E-state index in [4.69, 9.17) is 9.47 Å². The van der Waals surface area contributed by atoms with E-state index in [-0.39, 0.29) is 17.2 Å². The Morgan fingerprint density at radius 2 is 1.91 bits per heavy atom. The van der Waals surface area contributed by atoms with Gasteiger partial charge in [-0.2, -0.15) is 5.10 Å². The van der Waals surface area contributed by atoms with Crippen molar-refractivity contribution in [2.24, 2.45) is 5.10 Å². The van der Waals surface area contributed by atoms with E-state index in [1.54, 1.807) is 38.5 Å². The number of carboxylic acid groups (broad SMARTS) is 1. The van der Waals surface area contributed by atoms with Gasteiger partial charge in [0.05, 0.1) is 32.2 Å². The van der Waals surface area contributed by atoms with Gasteiger partial charge in [0.1, 0.15) is 0 Å². The number of amides is 1. The van der Waals surface area contributed by atoms with Crippen molar-refractivity contribution < 1.29 is 24.2 Å².